The number of hydrogen-bond donors (Lipinski definition) is 1. The smallest absolute Gasteiger partial charge is 0.273 e. The Labute approximate surface area is 171 Å². The van der Waals surface area contributed by atoms with Crippen molar-refractivity contribution in [3.63, 3.8) is 0 Å². The zero-order valence-electron chi connectivity index (χ0n) is 15.2. The predicted molar refractivity (Wildman–Crippen MR) is 111 cm³/mol. The number of hydrogen-bond acceptors (Lipinski definition) is 6. The number of benzene rings is 2. The largest absolute Gasteiger partial charge is 0.279 e. The van der Waals surface area contributed by atoms with Gasteiger partial charge in [0.25, 0.3) is 10.0 Å². The first-order valence-electron chi connectivity index (χ1n) is 8.55. The zero-order valence-corrected chi connectivity index (χ0v) is 16.8. The molecule has 0 amide bonds. The van der Waals surface area contributed by atoms with Gasteiger partial charge >= 0.3 is 0 Å². The number of aromatic nitrogens is 3. The number of halogens is 1. The van der Waals surface area contributed by atoms with Crippen LogP contribution in [0.15, 0.2) is 71.2 Å². The number of anilines is 1. The first-order valence-corrected chi connectivity index (χ1v) is 10.9. The number of thiazole rings is 1. The van der Waals surface area contributed by atoms with Gasteiger partial charge in [0.05, 0.1) is 11.9 Å². The standard InChI is InChI=1S/C20H15FN4O2S2/c1-13-22-10-9-18(24-13)15-3-2-4-17(11-15)25-29(26,27)19-12-23-20(28-19)14-5-7-16(21)8-6-14/h2-12,25H,1H3. The fourth-order valence-electron chi connectivity index (χ4n) is 2.67. The SMILES string of the molecule is Cc1nccc(-c2cccc(NS(=O)(=O)c3cnc(-c4ccc(F)cc4)s3)c2)n1. The molecule has 0 atom stereocenters. The predicted octanol–water partition coefficient (Wildman–Crippen LogP) is 4.52. The summed E-state index contributed by atoms with van der Waals surface area (Å²) < 4.78 is 41.3. The molecule has 0 bridgehead atoms. The Balaban J connectivity index is 1.59. The van der Waals surface area contributed by atoms with E-state index in [0.717, 1.165) is 16.9 Å². The van der Waals surface area contributed by atoms with Crippen LogP contribution < -0.4 is 4.72 Å². The normalized spacial score (nSPS) is 11.4. The van der Waals surface area contributed by atoms with Gasteiger partial charge in [-0.15, -0.1) is 11.3 Å². The third-order valence-corrected chi connectivity index (χ3v) is 6.92. The Bertz CT molecular complexity index is 1270. The van der Waals surface area contributed by atoms with Crippen LogP contribution in [0.1, 0.15) is 5.82 Å². The topological polar surface area (TPSA) is 84.8 Å². The fourth-order valence-corrected chi connectivity index (χ4v) is 4.86. The van der Waals surface area contributed by atoms with Crippen LogP contribution in [-0.2, 0) is 10.0 Å². The highest BCUT2D eigenvalue weighted by atomic mass is 32.2. The highest BCUT2D eigenvalue weighted by Gasteiger charge is 2.19. The molecule has 0 radical (unpaired) electrons. The van der Waals surface area contributed by atoms with Gasteiger partial charge in [0, 0.05) is 23.0 Å². The number of nitrogens with one attached hydrogen (secondary N) is 1. The summed E-state index contributed by atoms with van der Waals surface area (Å²) in [5.74, 6) is 0.269. The maximum Gasteiger partial charge on any atom is 0.273 e. The van der Waals surface area contributed by atoms with Crippen molar-refractivity contribution >= 4 is 27.0 Å². The third kappa shape index (κ3) is 4.30. The lowest BCUT2D eigenvalue weighted by molar-refractivity contribution is 0.603. The zero-order chi connectivity index (χ0) is 20.4. The van der Waals surface area contributed by atoms with Gasteiger partial charge in [-0.1, -0.05) is 12.1 Å². The second-order valence-corrected chi connectivity index (χ2v) is 9.11. The van der Waals surface area contributed by atoms with Crippen molar-refractivity contribution in [2.24, 2.45) is 0 Å². The van der Waals surface area contributed by atoms with Gasteiger partial charge in [0.1, 0.15) is 16.6 Å². The molecule has 4 aromatic rings. The second-order valence-electron chi connectivity index (χ2n) is 6.17. The summed E-state index contributed by atoms with van der Waals surface area (Å²) in [6.45, 7) is 1.79. The molecule has 146 valence electrons. The van der Waals surface area contributed by atoms with Crippen LogP contribution >= 0.6 is 11.3 Å². The van der Waals surface area contributed by atoms with Crippen LogP contribution in [0.25, 0.3) is 21.8 Å². The number of nitrogens with zero attached hydrogens (tertiary/aromatic N) is 3. The summed E-state index contributed by atoms with van der Waals surface area (Å²) in [5, 5.41) is 0.496. The quantitative estimate of drug-likeness (QED) is 0.507. The summed E-state index contributed by atoms with van der Waals surface area (Å²) in [6, 6.07) is 14.5. The summed E-state index contributed by atoms with van der Waals surface area (Å²) in [4.78, 5) is 12.6. The Kier molecular flexibility index (Phi) is 5.08. The Morgan fingerprint density at radius 2 is 1.79 bits per heavy atom. The lowest BCUT2D eigenvalue weighted by Crippen LogP contribution is -2.11. The highest BCUT2D eigenvalue weighted by Crippen LogP contribution is 2.30. The average Bonchev–Trinajstić information content (AvgIpc) is 3.20. The minimum atomic E-state index is -3.82. The van der Waals surface area contributed by atoms with E-state index >= 15 is 0 Å². The van der Waals surface area contributed by atoms with Crippen molar-refractivity contribution in [1.82, 2.24) is 15.0 Å². The van der Waals surface area contributed by atoms with E-state index in [0.29, 0.717) is 27.8 Å². The molecule has 0 aliphatic heterocycles. The van der Waals surface area contributed by atoms with Crippen molar-refractivity contribution < 1.29 is 12.8 Å². The lowest BCUT2D eigenvalue weighted by Gasteiger charge is -2.08. The molecule has 0 saturated heterocycles. The molecule has 9 heteroatoms. The van der Waals surface area contributed by atoms with E-state index in [1.165, 1.54) is 18.3 Å². The van der Waals surface area contributed by atoms with Crippen LogP contribution in [0, 0.1) is 12.7 Å². The molecule has 0 saturated carbocycles. The van der Waals surface area contributed by atoms with Crippen LogP contribution in [0.2, 0.25) is 0 Å². The van der Waals surface area contributed by atoms with Crippen LogP contribution in [0.3, 0.4) is 0 Å². The summed E-state index contributed by atoms with van der Waals surface area (Å²) in [7, 11) is -3.82. The van der Waals surface area contributed by atoms with Crippen molar-refractivity contribution in [2.45, 2.75) is 11.1 Å². The lowest BCUT2D eigenvalue weighted by atomic mass is 10.1. The van der Waals surface area contributed by atoms with Crippen molar-refractivity contribution in [2.75, 3.05) is 4.72 Å². The van der Waals surface area contributed by atoms with Gasteiger partial charge in [-0.25, -0.2) is 27.8 Å². The number of sulfonamides is 1. The van der Waals surface area contributed by atoms with E-state index in [9.17, 15) is 12.8 Å². The van der Waals surface area contributed by atoms with Gasteiger partial charge in [0.15, 0.2) is 4.21 Å². The molecular formula is C20H15FN4O2S2. The van der Waals surface area contributed by atoms with Crippen molar-refractivity contribution in [3.8, 4) is 21.8 Å². The Hall–Kier alpha value is -3.17. The van der Waals surface area contributed by atoms with Gasteiger partial charge in [0.2, 0.25) is 0 Å². The molecule has 0 unspecified atom stereocenters. The molecule has 0 aliphatic carbocycles. The van der Waals surface area contributed by atoms with E-state index in [2.05, 4.69) is 19.7 Å². The van der Waals surface area contributed by atoms with Crippen LogP contribution in [-0.4, -0.2) is 23.4 Å². The molecule has 2 heterocycles. The van der Waals surface area contributed by atoms with E-state index < -0.39 is 10.0 Å². The average molecular weight is 426 g/mol. The first kappa shape index (κ1) is 19.2. The van der Waals surface area contributed by atoms with Gasteiger partial charge in [-0.05, 0) is 49.4 Å². The third-order valence-electron chi connectivity index (χ3n) is 4.03. The van der Waals surface area contributed by atoms with Crippen LogP contribution in [0.5, 0.6) is 0 Å². The van der Waals surface area contributed by atoms with Gasteiger partial charge < -0.3 is 0 Å². The van der Waals surface area contributed by atoms with Crippen LogP contribution in [0.4, 0.5) is 10.1 Å². The second kappa shape index (κ2) is 7.69. The summed E-state index contributed by atoms with van der Waals surface area (Å²) in [5.41, 5.74) is 2.54. The molecule has 2 aromatic heterocycles. The van der Waals surface area contributed by atoms with E-state index in [-0.39, 0.29) is 10.0 Å². The maximum absolute atomic E-state index is 13.1. The highest BCUT2D eigenvalue weighted by molar-refractivity contribution is 7.94. The number of aryl methyl sites for hydroxylation is 1. The minimum Gasteiger partial charge on any atom is -0.279 e. The fraction of sp³-hybridized carbons (Fsp3) is 0.0500. The molecule has 6 nitrogen and oxygen atoms in total. The van der Waals surface area contributed by atoms with Crippen molar-refractivity contribution in [1.29, 1.82) is 0 Å². The molecular weight excluding hydrogens is 411 g/mol. The van der Waals surface area contributed by atoms with E-state index in [1.807, 2.05) is 6.07 Å². The molecule has 1 N–H and O–H groups in total. The summed E-state index contributed by atoms with van der Waals surface area (Å²) in [6.07, 6.45) is 2.95. The van der Waals surface area contributed by atoms with Gasteiger partial charge in [-0.3, -0.25) is 4.72 Å². The van der Waals surface area contributed by atoms with Gasteiger partial charge in [-0.2, -0.15) is 0 Å². The molecule has 0 fully saturated rings. The molecule has 0 aliphatic rings. The van der Waals surface area contributed by atoms with Crippen molar-refractivity contribution in [3.05, 3.63) is 78.6 Å². The minimum absolute atomic E-state index is 0.0695. The first-order chi connectivity index (χ1) is 13.9. The molecule has 29 heavy (non-hydrogen) atoms. The van der Waals surface area contributed by atoms with E-state index in [4.69, 9.17) is 0 Å². The van der Waals surface area contributed by atoms with E-state index in [1.54, 1.807) is 49.5 Å². The Morgan fingerprint density at radius 1 is 1.00 bits per heavy atom. The monoisotopic (exact) mass is 426 g/mol. The maximum atomic E-state index is 13.1. The molecule has 4 rings (SSSR count). The summed E-state index contributed by atoms with van der Waals surface area (Å²) >= 11 is 1.02. The number of rotatable bonds is 5. The Morgan fingerprint density at radius 3 is 2.55 bits per heavy atom. The molecule has 2 aromatic carbocycles. The molecule has 0 spiro atoms.